The molecule has 1 fully saturated rings. The van der Waals surface area contributed by atoms with E-state index in [0.717, 1.165) is 0 Å². The summed E-state index contributed by atoms with van der Waals surface area (Å²) >= 11 is 0. The smallest absolute Gasteiger partial charge is 0.243 e. The number of nitrogen functional groups attached to an aromatic ring is 1. The summed E-state index contributed by atoms with van der Waals surface area (Å²) < 4.78 is 26.7. The molecule has 4 nitrogen and oxygen atoms in total. The maximum Gasteiger partial charge on any atom is 0.243 e. The van der Waals surface area contributed by atoms with Crippen molar-refractivity contribution in [2.45, 2.75) is 25.7 Å². The molecule has 5 heteroatoms. The van der Waals surface area contributed by atoms with Gasteiger partial charge in [0, 0.05) is 18.8 Å². The minimum atomic E-state index is -3.37. The Hall–Kier alpha value is -1.07. The molecular formula is C13H20N2O2S. The van der Waals surface area contributed by atoms with Gasteiger partial charge in [-0.15, -0.1) is 0 Å². The molecule has 2 N–H and O–H groups in total. The third-order valence-electron chi connectivity index (χ3n) is 3.77. The van der Waals surface area contributed by atoms with Gasteiger partial charge in [-0.25, -0.2) is 8.42 Å². The minimum absolute atomic E-state index is 0.373. The zero-order valence-corrected chi connectivity index (χ0v) is 11.9. The van der Waals surface area contributed by atoms with E-state index in [1.54, 1.807) is 29.4 Å². The van der Waals surface area contributed by atoms with E-state index in [0.29, 0.717) is 41.1 Å². The number of anilines is 1. The van der Waals surface area contributed by atoms with Gasteiger partial charge in [0.15, 0.2) is 0 Å². The fraction of sp³-hybridized carbons (Fsp3) is 0.538. The third kappa shape index (κ3) is 2.24. The SMILES string of the molecule is Cc1cc(N)ccc1S(=O)(=O)N1CC(C)C(C)C1. The van der Waals surface area contributed by atoms with Crippen molar-refractivity contribution >= 4 is 15.7 Å². The monoisotopic (exact) mass is 268 g/mol. The second-order valence-corrected chi connectivity index (χ2v) is 7.21. The molecule has 1 aromatic rings. The summed E-state index contributed by atoms with van der Waals surface area (Å²) in [6, 6.07) is 4.95. The molecule has 100 valence electrons. The molecule has 0 aromatic heterocycles. The van der Waals surface area contributed by atoms with E-state index in [9.17, 15) is 8.42 Å². The van der Waals surface area contributed by atoms with Gasteiger partial charge in [-0.2, -0.15) is 4.31 Å². The first kappa shape index (κ1) is 13.4. The number of benzene rings is 1. The number of hydrogen-bond donors (Lipinski definition) is 1. The molecule has 0 aliphatic carbocycles. The molecule has 18 heavy (non-hydrogen) atoms. The molecule has 0 saturated carbocycles. The molecule has 2 rings (SSSR count). The van der Waals surface area contributed by atoms with Gasteiger partial charge in [0.05, 0.1) is 4.90 Å². The highest BCUT2D eigenvalue weighted by molar-refractivity contribution is 7.89. The Morgan fingerprint density at radius 1 is 1.22 bits per heavy atom. The number of nitrogens with zero attached hydrogens (tertiary/aromatic N) is 1. The normalized spacial score (nSPS) is 25.5. The predicted molar refractivity (Wildman–Crippen MR) is 72.7 cm³/mol. The number of hydrogen-bond acceptors (Lipinski definition) is 3. The van der Waals surface area contributed by atoms with Gasteiger partial charge in [0.1, 0.15) is 0 Å². The number of sulfonamides is 1. The van der Waals surface area contributed by atoms with Crippen LogP contribution in [0.2, 0.25) is 0 Å². The van der Waals surface area contributed by atoms with Crippen LogP contribution in [0.25, 0.3) is 0 Å². The Bertz CT molecular complexity index is 544. The van der Waals surface area contributed by atoms with E-state index in [1.165, 1.54) is 0 Å². The van der Waals surface area contributed by atoms with Crippen LogP contribution < -0.4 is 5.73 Å². The number of rotatable bonds is 2. The fourth-order valence-electron chi connectivity index (χ4n) is 2.37. The first-order valence-corrected chi connectivity index (χ1v) is 7.62. The first-order valence-electron chi connectivity index (χ1n) is 6.18. The van der Waals surface area contributed by atoms with E-state index >= 15 is 0 Å². The molecule has 0 amide bonds. The van der Waals surface area contributed by atoms with Gasteiger partial charge in [-0.3, -0.25) is 0 Å². The molecule has 1 saturated heterocycles. The van der Waals surface area contributed by atoms with Crippen LogP contribution in [-0.2, 0) is 10.0 Å². The zero-order chi connectivity index (χ0) is 13.5. The summed E-state index contributed by atoms with van der Waals surface area (Å²) in [5, 5.41) is 0. The molecule has 0 bridgehead atoms. The van der Waals surface area contributed by atoms with E-state index < -0.39 is 10.0 Å². The van der Waals surface area contributed by atoms with Crippen LogP contribution in [0.5, 0.6) is 0 Å². The lowest BCUT2D eigenvalue weighted by Gasteiger charge is -2.17. The Morgan fingerprint density at radius 3 is 2.28 bits per heavy atom. The van der Waals surface area contributed by atoms with E-state index in [2.05, 4.69) is 13.8 Å². The van der Waals surface area contributed by atoms with Crippen molar-refractivity contribution < 1.29 is 8.42 Å². The molecular weight excluding hydrogens is 248 g/mol. The Labute approximate surface area is 109 Å². The Morgan fingerprint density at radius 2 is 1.78 bits per heavy atom. The zero-order valence-electron chi connectivity index (χ0n) is 11.1. The minimum Gasteiger partial charge on any atom is -0.399 e. The van der Waals surface area contributed by atoms with E-state index in [4.69, 9.17) is 5.73 Å². The molecule has 1 aliphatic heterocycles. The lowest BCUT2D eigenvalue weighted by molar-refractivity contribution is 0.463. The summed E-state index contributed by atoms with van der Waals surface area (Å²) in [5.74, 6) is 0.822. The molecule has 0 radical (unpaired) electrons. The molecule has 0 spiro atoms. The number of nitrogens with two attached hydrogens (primary N) is 1. The Kier molecular flexibility index (Phi) is 3.38. The number of aryl methyl sites for hydroxylation is 1. The summed E-state index contributed by atoms with van der Waals surface area (Å²) in [4.78, 5) is 0.373. The van der Waals surface area contributed by atoms with Gasteiger partial charge in [-0.1, -0.05) is 13.8 Å². The lowest BCUT2D eigenvalue weighted by Crippen LogP contribution is -2.29. The van der Waals surface area contributed by atoms with Crippen LogP contribution in [-0.4, -0.2) is 25.8 Å². The van der Waals surface area contributed by atoms with Crippen molar-refractivity contribution in [3.05, 3.63) is 23.8 Å². The van der Waals surface area contributed by atoms with Crippen LogP contribution in [0.1, 0.15) is 19.4 Å². The average molecular weight is 268 g/mol. The van der Waals surface area contributed by atoms with Crippen LogP contribution >= 0.6 is 0 Å². The van der Waals surface area contributed by atoms with Gasteiger partial charge in [0.2, 0.25) is 10.0 Å². The maximum atomic E-state index is 12.5. The van der Waals surface area contributed by atoms with Crippen molar-refractivity contribution in [2.24, 2.45) is 11.8 Å². The standard InChI is InChI=1S/C13H20N2O2S/c1-9-6-12(14)4-5-13(9)18(16,17)15-7-10(2)11(3)8-15/h4-6,10-11H,7-8,14H2,1-3H3. The van der Waals surface area contributed by atoms with Gasteiger partial charge in [-0.05, 0) is 42.5 Å². The topological polar surface area (TPSA) is 63.4 Å². The Balaban J connectivity index is 2.37. The molecule has 1 aromatic carbocycles. The largest absolute Gasteiger partial charge is 0.399 e. The summed E-state index contributed by atoms with van der Waals surface area (Å²) in [5.41, 5.74) is 6.96. The highest BCUT2D eigenvalue weighted by atomic mass is 32.2. The molecule has 2 atom stereocenters. The van der Waals surface area contributed by atoms with Gasteiger partial charge in [0.25, 0.3) is 0 Å². The first-order chi connectivity index (χ1) is 8.32. The van der Waals surface area contributed by atoms with E-state index in [-0.39, 0.29) is 0 Å². The predicted octanol–water partition coefficient (Wildman–Crippen LogP) is 1.85. The van der Waals surface area contributed by atoms with Crippen molar-refractivity contribution in [3.8, 4) is 0 Å². The van der Waals surface area contributed by atoms with Crippen molar-refractivity contribution in [1.29, 1.82) is 0 Å². The summed E-state index contributed by atoms with van der Waals surface area (Å²) in [6.07, 6.45) is 0. The quantitative estimate of drug-likeness (QED) is 0.833. The summed E-state index contributed by atoms with van der Waals surface area (Å²) in [7, 11) is -3.37. The van der Waals surface area contributed by atoms with Crippen LogP contribution in [0, 0.1) is 18.8 Å². The highest BCUT2D eigenvalue weighted by Crippen LogP contribution is 2.29. The van der Waals surface area contributed by atoms with Crippen LogP contribution in [0.3, 0.4) is 0 Å². The van der Waals surface area contributed by atoms with Gasteiger partial charge >= 0.3 is 0 Å². The molecule has 2 unspecified atom stereocenters. The highest BCUT2D eigenvalue weighted by Gasteiger charge is 2.35. The summed E-state index contributed by atoms with van der Waals surface area (Å²) in [6.45, 7) is 7.18. The van der Waals surface area contributed by atoms with Gasteiger partial charge < -0.3 is 5.73 Å². The third-order valence-corrected chi connectivity index (χ3v) is 5.76. The molecule has 1 heterocycles. The average Bonchev–Trinajstić information content (AvgIpc) is 2.59. The van der Waals surface area contributed by atoms with Crippen molar-refractivity contribution in [3.63, 3.8) is 0 Å². The second kappa shape index (κ2) is 4.55. The van der Waals surface area contributed by atoms with Crippen LogP contribution in [0.4, 0.5) is 5.69 Å². The van der Waals surface area contributed by atoms with Crippen LogP contribution in [0.15, 0.2) is 23.1 Å². The second-order valence-electron chi connectivity index (χ2n) is 5.30. The lowest BCUT2D eigenvalue weighted by atomic mass is 10.0. The maximum absolute atomic E-state index is 12.5. The molecule has 1 aliphatic rings. The van der Waals surface area contributed by atoms with E-state index in [1.807, 2.05) is 0 Å². The fourth-order valence-corrected chi connectivity index (χ4v) is 4.22. The van der Waals surface area contributed by atoms with Crippen molar-refractivity contribution in [1.82, 2.24) is 4.31 Å². The van der Waals surface area contributed by atoms with Crippen molar-refractivity contribution in [2.75, 3.05) is 18.8 Å².